The SMILES string of the molecule is CC(C(=O)C1CC1)C(C)c1nc2cccc(-c3ccc(C(=O)NCc4cccc(F)c4)cc3)n2n1. The summed E-state index contributed by atoms with van der Waals surface area (Å²) >= 11 is 0. The summed E-state index contributed by atoms with van der Waals surface area (Å²) in [6.07, 6.45) is 1.99. The smallest absolute Gasteiger partial charge is 0.251 e. The average molecular weight is 471 g/mol. The highest BCUT2D eigenvalue weighted by Gasteiger charge is 2.36. The van der Waals surface area contributed by atoms with Crippen LogP contribution in [0.1, 0.15) is 54.4 Å². The van der Waals surface area contributed by atoms with E-state index >= 15 is 0 Å². The standard InChI is InChI=1S/C28H27FN4O2/c1-17(26(34)21-11-12-21)18(2)27-31-25-8-4-7-24(33(25)32-27)20-9-13-22(14-10-20)28(35)30-16-19-5-3-6-23(29)15-19/h3-10,13-15,17-18,21H,11-12,16H2,1-2H3,(H,30,35). The maximum atomic E-state index is 13.3. The van der Waals surface area contributed by atoms with Gasteiger partial charge in [-0.2, -0.15) is 5.10 Å². The number of amides is 1. The number of Topliss-reactive ketones (excluding diaryl/α,β-unsaturated/α-hetero) is 1. The minimum Gasteiger partial charge on any atom is -0.348 e. The second-order valence-corrected chi connectivity index (χ2v) is 9.29. The van der Waals surface area contributed by atoms with E-state index < -0.39 is 0 Å². The number of hydrogen-bond acceptors (Lipinski definition) is 4. The summed E-state index contributed by atoms with van der Waals surface area (Å²) in [5.41, 5.74) is 3.67. The third kappa shape index (κ3) is 4.85. The summed E-state index contributed by atoms with van der Waals surface area (Å²) in [4.78, 5) is 29.8. The first kappa shape index (κ1) is 22.9. The van der Waals surface area contributed by atoms with E-state index in [-0.39, 0.29) is 36.0 Å². The second kappa shape index (κ2) is 9.41. The molecule has 5 rings (SSSR count). The highest BCUT2D eigenvalue weighted by atomic mass is 19.1. The molecule has 35 heavy (non-hydrogen) atoms. The van der Waals surface area contributed by atoms with Gasteiger partial charge >= 0.3 is 0 Å². The molecule has 2 aromatic carbocycles. The van der Waals surface area contributed by atoms with Crippen LogP contribution in [0.2, 0.25) is 0 Å². The van der Waals surface area contributed by atoms with Crippen LogP contribution in [0.4, 0.5) is 4.39 Å². The monoisotopic (exact) mass is 470 g/mol. The zero-order valence-corrected chi connectivity index (χ0v) is 19.7. The summed E-state index contributed by atoms with van der Waals surface area (Å²) in [7, 11) is 0. The molecule has 2 heterocycles. The van der Waals surface area contributed by atoms with Gasteiger partial charge in [-0.25, -0.2) is 13.9 Å². The van der Waals surface area contributed by atoms with E-state index in [9.17, 15) is 14.0 Å². The van der Waals surface area contributed by atoms with Gasteiger partial charge in [-0.05, 0) is 54.8 Å². The largest absolute Gasteiger partial charge is 0.348 e. The van der Waals surface area contributed by atoms with Crippen LogP contribution in [0, 0.1) is 17.7 Å². The number of carbonyl (C=O) groups is 2. The molecule has 1 saturated carbocycles. The number of aromatic nitrogens is 3. The Bertz CT molecular complexity index is 1390. The fraction of sp³-hybridized carbons (Fsp3) is 0.286. The Morgan fingerprint density at radius 2 is 1.80 bits per heavy atom. The van der Waals surface area contributed by atoms with Crippen molar-refractivity contribution in [2.24, 2.45) is 11.8 Å². The van der Waals surface area contributed by atoms with E-state index in [1.807, 2.05) is 44.2 Å². The molecule has 1 fully saturated rings. The third-order valence-electron chi connectivity index (χ3n) is 6.75. The lowest BCUT2D eigenvalue weighted by molar-refractivity contribution is -0.124. The lowest BCUT2D eigenvalue weighted by atomic mass is 9.89. The summed E-state index contributed by atoms with van der Waals surface area (Å²) < 4.78 is 15.1. The zero-order valence-electron chi connectivity index (χ0n) is 19.7. The highest BCUT2D eigenvalue weighted by molar-refractivity contribution is 5.94. The van der Waals surface area contributed by atoms with Crippen LogP contribution in [0.5, 0.6) is 0 Å². The molecule has 1 aliphatic rings. The molecule has 178 valence electrons. The van der Waals surface area contributed by atoms with Gasteiger partial charge in [0.2, 0.25) is 0 Å². The van der Waals surface area contributed by atoms with Gasteiger partial charge in [-0.15, -0.1) is 0 Å². The molecular weight excluding hydrogens is 443 g/mol. The average Bonchev–Trinajstić information content (AvgIpc) is 3.63. The van der Waals surface area contributed by atoms with Crippen LogP contribution in [-0.4, -0.2) is 26.3 Å². The summed E-state index contributed by atoms with van der Waals surface area (Å²) in [5.74, 6) is 0.434. The van der Waals surface area contributed by atoms with Crippen molar-refractivity contribution in [2.45, 2.75) is 39.2 Å². The Morgan fingerprint density at radius 1 is 1.06 bits per heavy atom. The number of carbonyl (C=O) groups excluding carboxylic acids is 2. The van der Waals surface area contributed by atoms with Crippen molar-refractivity contribution in [3.05, 3.63) is 89.5 Å². The number of ketones is 1. The molecule has 6 nitrogen and oxygen atoms in total. The summed E-state index contributed by atoms with van der Waals surface area (Å²) in [6, 6.07) is 19.2. The predicted octanol–water partition coefficient (Wildman–Crippen LogP) is 5.18. The van der Waals surface area contributed by atoms with Crippen LogP contribution in [-0.2, 0) is 11.3 Å². The van der Waals surface area contributed by atoms with E-state index in [0.717, 1.165) is 24.1 Å². The number of halogens is 1. The maximum Gasteiger partial charge on any atom is 0.251 e. The Labute approximate surface area is 203 Å². The van der Waals surface area contributed by atoms with Gasteiger partial charge < -0.3 is 5.32 Å². The molecule has 1 amide bonds. The van der Waals surface area contributed by atoms with Crippen LogP contribution in [0.25, 0.3) is 16.9 Å². The van der Waals surface area contributed by atoms with E-state index in [1.165, 1.54) is 12.1 Å². The number of benzene rings is 2. The van der Waals surface area contributed by atoms with Gasteiger partial charge in [0, 0.05) is 35.4 Å². The minimum atomic E-state index is -0.329. The fourth-order valence-corrected chi connectivity index (χ4v) is 4.27. The van der Waals surface area contributed by atoms with E-state index in [0.29, 0.717) is 28.4 Å². The number of nitrogens with one attached hydrogen (secondary N) is 1. The maximum absolute atomic E-state index is 13.3. The van der Waals surface area contributed by atoms with Crippen LogP contribution < -0.4 is 5.32 Å². The molecule has 1 aliphatic carbocycles. The third-order valence-corrected chi connectivity index (χ3v) is 6.75. The summed E-state index contributed by atoms with van der Waals surface area (Å²) in [6.45, 7) is 4.23. The minimum absolute atomic E-state index is 0.0694. The first-order chi connectivity index (χ1) is 16.9. The normalized spacial score (nSPS) is 15.1. The van der Waals surface area contributed by atoms with Crippen LogP contribution >= 0.6 is 0 Å². The van der Waals surface area contributed by atoms with E-state index in [1.54, 1.807) is 28.8 Å². The van der Waals surface area contributed by atoms with Gasteiger partial charge in [0.1, 0.15) is 11.6 Å². The highest BCUT2D eigenvalue weighted by Crippen LogP contribution is 2.36. The van der Waals surface area contributed by atoms with Crippen molar-refractivity contribution in [1.82, 2.24) is 19.9 Å². The Hall–Kier alpha value is -3.87. The lowest BCUT2D eigenvalue weighted by Gasteiger charge is -2.15. The Balaban J connectivity index is 1.33. The molecule has 0 spiro atoms. The van der Waals surface area contributed by atoms with Crippen molar-refractivity contribution in [1.29, 1.82) is 0 Å². The van der Waals surface area contributed by atoms with E-state index in [2.05, 4.69) is 5.32 Å². The van der Waals surface area contributed by atoms with Crippen molar-refractivity contribution < 1.29 is 14.0 Å². The molecule has 7 heteroatoms. The molecular formula is C28H27FN4O2. The molecule has 0 aliphatic heterocycles. The molecule has 2 aromatic heterocycles. The van der Waals surface area contributed by atoms with Gasteiger partial charge in [0.05, 0.1) is 5.69 Å². The zero-order chi connectivity index (χ0) is 24.5. The molecule has 4 aromatic rings. The van der Waals surface area contributed by atoms with Crippen LogP contribution in [0.15, 0.2) is 66.7 Å². The number of nitrogens with zero attached hydrogens (tertiary/aromatic N) is 3. The van der Waals surface area contributed by atoms with Gasteiger partial charge in [0.15, 0.2) is 11.5 Å². The second-order valence-electron chi connectivity index (χ2n) is 9.29. The summed E-state index contributed by atoms with van der Waals surface area (Å²) in [5, 5.41) is 7.56. The number of fused-ring (bicyclic) bond motifs is 1. The van der Waals surface area contributed by atoms with E-state index in [4.69, 9.17) is 10.1 Å². The van der Waals surface area contributed by atoms with Gasteiger partial charge in [0.25, 0.3) is 5.91 Å². The molecule has 2 atom stereocenters. The Kier molecular flexibility index (Phi) is 6.16. The number of pyridine rings is 1. The number of rotatable bonds is 8. The lowest BCUT2D eigenvalue weighted by Crippen LogP contribution is -2.22. The fourth-order valence-electron chi connectivity index (χ4n) is 4.27. The first-order valence-corrected chi connectivity index (χ1v) is 11.9. The van der Waals surface area contributed by atoms with Gasteiger partial charge in [-0.1, -0.05) is 44.2 Å². The molecule has 0 radical (unpaired) electrons. The predicted molar refractivity (Wildman–Crippen MR) is 131 cm³/mol. The van der Waals surface area contributed by atoms with Gasteiger partial charge in [-0.3, -0.25) is 9.59 Å². The first-order valence-electron chi connectivity index (χ1n) is 11.9. The molecule has 2 unspecified atom stereocenters. The van der Waals surface area contributed by atoms with Crippen molar-refractivity contribution in [2.75, 3.05) is 0 Å². The van der Waals surface area contributed by atoms with Crippen molar-refractivity contribution in [3.8, 4) is 11.3 Å². The topological polar surface area (TPSA) is 76.4 Å². The molecule has 0 bridgehead atoms. The molecule has 0 saturated heterocycles. The van der Waals surface area contributed by atoms with Crippen molar-refractivity contribution in [3.63, 3.8) is 0 Å². The van der Waals surface area contributed by atoms with Crippen molar-refractivity contribution >= 4 is 17.3 Å². The quantitative estimate of drug-likeness (QED) is 0.385. The number of hydrogen-bond donors (Lipinski definition) is 1. The van der Waals surface area contributed by atoms with Crippen LogP contribution in [0.3, 0.4) is 0 Å². The Morgan fingerprint density at radius 3 is 2.51 bits per heavy atom. The molecule has 1 N–H and O–H groups in total.